The molecule has 6 aromatic carbocycles. The molecule has 8 rings (SSSR count). The number of hydrogen-bond donors (Lipinski definition) is 0. The summed E-state index contributed by atoms with van der Waals surface area (Å²) in [6, 6.07) is 55.5. The summed E-state index contributed by atoms with van der Waals surface area (Å²) in [6.45, 7) is 6.39. The molecule has 0 N–H and O–H groups in total. The number of nitrogens with zero attached hydrogens (tertiary/aromatic N) is 1. The Balaban J connectivity index is 0.000000126. The Hall–Kier alpha value is -5.40. The molecule has 1 unspecified atom stereocenters. The first-order valence-electron chi connectivity index (χ1n) is 16.1. The van der Waals surface area contributed by atoms with Crippen LogP contribution in [0.1, 0.15) is 34.6 Å². The Morgan fingerprint density at radius 2 is 0.935 bits per heavy atom. The van der Waals surface area contributed by atoms with Crippen LogP contribution in [0.5, 0.6) is 0 Å². The number of hydrogen-bond acceptors (Lipinski definition) is 1. The number of benzene rings is 6. The lowest BCUT2D eigenvalue weighted by Crippen LogP contribution is -2.14. The van der Waals surface area contributed by atoms with E-state index in [9.17, 15) is 0 Å². The van der Waals surface area contributed by atoms with Crippen LogP contribution in [-0.2, 0) is 0 Å². The highest BCUT2D eigenvalue weighted by molar-refractivity contribution is 5.79. The predicted octanol–water partition coefficient (Wildman–Crippen LogP) is 12.4. The molecule has 0 saturated heterocycles. The zero-order valence-corrected chi connectivity index (χ0v) is 27.0. The van der Waals surface area contributed by atoms with Gasteiger partial charge in [-0.05, 0) is 79.3 Å². The van der Waals surface area contributed by atoms with Gasteiger partial charge in [0.2, 0.25) is 0 Å². The minimum atomic E-state index is 0.509. The van der Waals surface area contributed by atoms with Gasteiger partial charge >= 0.3 is 0 Å². The number of fused-ring (bicyclic) bond motifs is 3. The molecule has 1 nitrogen and oxygen atoms in total. The highest BCUT2D eigenvalue weighted by Gasteiger charge is 2.34. The number of para-hydroxylation sites is 1. The Morgan fingerprint density at radius 3 is 1.46 bits per heavy atom. The molecule has 2 aliphatic rings. The first-order chi connectivity index (χ1) is 22.6. The third-order valence-electron chi connectivity index (χ3n) is 8.52. The van der Waals surface area contributed by atoms with Crippen molar-refractivity contribution in [3.8, 4) is 22.3 Å². The fourth-order valence-corrected chi connectivity index (χ4v) is 6.05. The van der Waals surface area contributed by atoms with E-state index < -0.39 is 0 Å². The molecule has 0 aromatic heterocycles. The van der Waals surface area contributed by atoms with Crippen molar-refractivity contribution in [2.24, 2.45) is 0 Å². The molecule has 0 fully saturated rings. The summed E-state index contributed by atoms with van der Waals surface area (Å²) in [5, 5.41) is 0. The van der Waals surface area contributed by atoms with Crippen molar-refractivity contribution < 1.29 is 0 Å². The van der Waals surface area contributed by atoms with E-state index in [1.807, 2.05) is 12.1 Å². The van der Waals surface area contributed by atoms with Gasteiger partial charge in [-0.2, -0.15) is 0 Å². The smallest absolute Gasteiger partial charge is 0.0497 e. The van der Waals surface area contributed by atoms with Crippen LogP contribution in [0.4, 0.5) is 11.4 Å². The maximum absolute atomic E-state index is 2.41. The van der Waals surface area contributed by atoms with E-state index in [1.54, 1.807) is 0 Å². The van der Waals surface area contributed by atoms with Crippen molar-refractivity contribution in [3.63, 3.8) is 0 Å². The summed E-state index contributed by atoms with van der Waals surface area (Å²) in [6.07, 6.45) is 7.82. The summed E-state index contributed by atoms with van der Waals surface area (Å²) in [7, 11) is 0. The van der Waals surface area contributed by atoms with E-state index in [4.69, 9.17) is 0 Å². The van der Waals surface area contributed by atoms with E-state index in [1.165, 1.54) is 61.6 Å². The number of rotatable bonds is 3. The second-order valence-electron chi connectivity index (χ2n) is 12.0. The van der Waals surface area contributed by atoms with Crippen molar-refractivity contribution >= 4 is 11.4 Å². The van der Waals surface area contributed by atoms with Crippen LogP contribution in [0.2, 0.25) is 0 Å². The summed E-state index contributed by atoms with van der Waals surface area (Å²) < 4.78 is 0. The molecule has 6 aromatic rings. The normalized spacial score (nSPS) is 14.1. The van der Waals surface area contributed by atoms with Gasteiger partial charge in [0.15, 0.2) is 0 Å². The Bertz CT molecular complexity index is 1820. The largest absolute Gasteiger partial charge is 0.313 e. The van der Waals surface area contributed by atoms with Crippen LogP contribution in [0.3, 0.4) is 0 Å². The number of aryl methyl sites for hydroxylation is 3. The van der Waals surface area contributed by atoms with Crippen molar-refractivity contribution in [1.82, 2.24) is 0 Å². The van der Waals surface area contributed by atoms with Gasteiger partial charge in [-0.25, -0.2) is 0 Å². The molecule has 1 heteroatoms. The Kier molecular flexibility index (Phi) is 9.71. The third kappa shape index (κ3) is 7.28. The van der Waals surface area contributed by atoms with Crippen LogP contribution in [0.15, 0.2) is 182 Å². The van der Waals surface area contributed by atoms with Gasteiger partial charge in [0.05, 0.1) is 0 Å². The van der Waals surface area contributed by atoms with Gasteiger partial charge in [-0.15, -0.1) is 0 Å². The van der Waals surface area contributed by atoms with Gasteiger partial charge in [-0.3, -0.25) is 0 Å². The molecule has 226 valence electrons. The van der Waals surface area contributed by atoms with Gasteiger partial charge in [0.1, 0.15) is 0 Å². The van der Waals surface area contributed by atoms with Crippen LogP contribution in [-0.4, -0.2) is 0 Å². The number of anilines is 2. The standard InChI is InChI=1S/C19H17N.2C13H12/c1-14-11-12-19-17(13-14)16-9-5-6-10-18(16)20(19)15-7-3-2-4-8-15;2*1-11-7-9-13(10-8-11)12-5-3-2-4-6-12/h2-8,10-13,16H,9H2,1H3;2*2-10H,1H3. The number of allylic oxidation sites excluding steroid dienone is 4. The van der Waals surface area contributed by atoms with Gasteiger partial charge in [-0.1, -0.05) is 168 Å². The zero-order chi connectivity index (χ0) is 31.7. The molecule has 1 aliphatic heterocycles. The highest BCUT2D eigenvalue weighted by atomic mass is 15.2. The lowest BCUT2D eigenvalue weighted by Gasteiger charge is -2.24. The molecule has 0 radical (unpaired) electrons. The average molecular weight is 596 g/mol. The molecular weight excluding hydrogens is 555 g/mol. The molecule has 1 heterocycles. The van der Waals surface area contributed by atoms with E-state index in [0.29, 0.717) is 5.92 Å². The first-order valence-corrected chi connectivity index (χ1v) is 16.1. The van der Waals surface area contributed by atoms with Crippen LogP contribution in [0.25, 0.3) is 22.3 Å². The monoisotopic (exact) mass is 595 g/mol. The molecule has 1 aliphatic carbocycles. The van der Waals surface area contributed by atoms with Crippen molar-refractivity contribution in [2.45, 2.75) is 33.1 Å². The maximum Gasteiger partial charge on any atom is 0.0497 e. The molecule has 0 amide bonds. The Labute approximate surface area is 274 Å². The average Bonchev–Trinajstić information content (AvgIpc) is 3.44. The van der Waals surface area contributed by atoms with Crippen LogP contribution in [0, 0.1) is 20.8 Å². The van der Waals surface area contributed by atoms with Gasteiger partial charge < -0.3 is 4.90 Å². The summed E-state index contributed by atoms with van der Waals surface area (Å²) in [4.78, 5) is 2.41. The topological polar surface area (TPSA) is 3.24 Å². The first kappa shape index (κ1) is 30.6. The second kappa shape index (κ2) is 14.6. The van der Waals surface area contributed by atoms with E-state index in [2.05, 4.69) is 189 Å². The van der Waals surface area contributed by atoms with E-state index >= 15 is 0 Å². The Morgan fingerprint density at radius 1 is 0.478 bits per heavy atom. The highest BCUT2D eigenvalue weighted by Crippen LogP contribution is 2.50. The zero-order valence-electron chi connectivity index (χ0n) is 27.0. The second-order valence-corrected chi connectivity index (χ2v) is 12.0. The minimum absolute atomic E-state index is 0.509. The lowest BCUT2D eigenvalue weighted by molar-refractivity contribution is 0.819. The minimum Gasteiger partial charge on any atom is -0.313 e. The van der Waals surface area contributed by atoms with Gasteiger partial charge in [0, 0.05) is 23.0 Å². The molecule has 1 atom stereocenters. The summed E-state index contributed by atoms with van der Waals surface area (Å²) in [5.41, 5.74) is 14.5. The van der Waals surface area contributed by atoms with Crippen molar-refractivity contribution in [1.29, 1.82) is 0 Å². The molecule has 46 heavy (non-hydrogen) atoms. The summed E-state index contributed by atoms with van der Waals surface area (Å²) in [5.74, 6) is 0.509. The van der Waals surface area contributed by atoms with E-state index in [0.717, 1.165) is 6.42 Å². The molecule has 0 bridgehead atoms. The van der Waals surface area contributed by atoms with Crippen molar-refractivity contribution in [2.75, 3.05) is 4.90 Å². The molecular formula is C45H41N. The van der Waals surface area contributed by atoms with Crippen LogP contribution < -0.4 is 4.90 Å². The maximum atomic E-state index is 2.41. The summed E-state index contributed by atoms with van der Waals surface area (Å²) >= 11 is 0. The molecule has 0 spiro atoms. The van der Waals surface area contributed by atoms with E-state index in [-0.39, 0.29) is 0 Å². The molecule has 0 saturated carbocycles. The SMILES string of the molecule is Cc1ccc(-c2ccccc2)cc1.Cc1ccc(-c2ccccc2)cc1.Cc1ccc2c(c1)C1CC=CC=C1N2c1ccccc1. The predicted molar refractivity (Wildman–Crippen MR) is 198 cm³/mol. The quantitative estimate of drug-likeness (QED) is 0.197. The lowest BCUT2D eigenvalue weighted by atomic mass is 9.91. The fraction of sp³-hybridized carbons (Fsp3) is 0.111. The van der Waals surface area contributed by atoms with Gasteiger partial charge in [0.25, 0.3) is 0 Å². The van der Waals surface area contributed by atoms with Crippen LogP contribution >= 0.6 is 0 Å². The van der Waals surface area contributed by atoms with Crippen molar-refractivity contribution in [3.05, 3.63) is 204 Å². The fourth-order valence-electron chi connectivity index (χ4n) is 6.05. The third-order valence-corrected chi connectivity index (χ3v) is 8.52.